The molecule has 2 heterocycles. The van der Waals surface area contributed by atoms with E-state index in [2.05, 4.69) is 15.1 Å². The van der Waals surface area contributed by atoms with Gasteiger partial charge in [-0.15, -0.1) is 0 Å². The van der Waals surface area contributed by atoms with Crippen molar-refractivity contribution < 1.29 is 8.94 Å². The van der Waals surface area contributed by atoms with E-state index in [4.69, 9.17) is 8.94 Å². The highest BCUT2D eigenvalue weighted by Crippen LogP contribution is 2.34. The first-order valence-corrected chi connectivity index (χ1v) is 6.41. The second-order valence-electron chi connectivity index (χ2n) is 3.78. The van der Waals surface area contributed by atoms with Crippen LogP contribution in [-0.4, -0.2) is 15.1 Å². The third-order valence-corrected chi connectivity index (χ3v) is 3.37. The Morgan fingerprint density at radius 3 is 2.59 bits per heavy atom. The molecule has 0 bridgehead atoms. The van der Waals surface area contributed by atoms with Crippen LogP contribution in [0.25, 0.3) is 0 Å². The SMILES string of the molecule is CCc1noc(C(C)Sc2nc(C)c(C)o2)n1. The molecule has 5 nitrogen and oxygen atoms in total. The van der Waals surface area contributed by atoms with E-state index in [1.165, 1.54) is 11.8 Å². The van der Waals surface area contributed by atoms with Gasteiger partial charge in [0.2, 0.25) is 5.89 Å². The van der Waals surface area contributed by atoms with E-state index in [-0.39, 0.29) is 5.25 Å². The third-order valence-electron chi connectivity index (χ3n) is 2.43. The molecule has 1 atom stereocenters. The standard InChI is InChI=1S/C11H15N3O2S/c1-5-9-13-10(16-14-9)8(4)17-11-12-6(2)7(3)15-11/h8H,5H2,1-4H3. The summed E-state index contributed by atoms with van der Waals surface area (Å²) in [6.07, 6.45) is 0.776. The van der Waals surface area contributed by atoms with E-state index >= 15 is 0 Å². The van der Waals surface area contributed by atoms with Crippen molar-refractivity contribution in [2.75, 3.05) is 0 Å². The lowest BCUT2D eigenvalue weighted by Gasteiger charge is -2.01. The van der Waals surface area contributed by atoms with Gasteiger partial charge in [0, 0.05) is 6.42 Å². The Hall–Kier alpha value is -1.30. The van der Waals surface area contributed by atoms with Crippen molar-refractivity contribution in [2.24, 2.45) is 0 Å². The molecular formula is C11H15N3O2S. The van der Waals surface area contributed by atoms with Crippen molar-refractivity contribution in [3.8, 4) is 0 Å². The molecule has 2 aromatic rings. The highest BCUT2D eigenvalue weighted by atomic mass is 32.2. The minimum absolute atomic E-state index is 0.0419. The zero-order valence-corrected chi connectivity index (χ0v) is 11.2. The van der Waals surface area contributed by atoms with Crippen molar-refractivity contribution in [1.29, 1.82) is 0 Å². The van der Waals surface area contributed by atoms with Crippen molar-refractivity contribution in [1.82, 2.24) is 15.1 Å². The molecule has 0 spiro atoms. The molecule has 2 rings (SSSR count). The lowest BCUT2D eigenvalue weighted by Crippen LogP contribution is -1.90. The number of nitrogens with zero attached hydrogens (tertiary/aromatic N) is 3. The molecule has 0 N–H and O–H groups in total. The molecular weight excluding hydrogens is 238 g/mol. The van der Waals surface area contributed by atoms with Crippen LogP contribution in [0.4, 0.5) is 0 Å². The van der Waals surface area contributed by atoms with Crippen molar-refractivity contribution in [3.63, 3.8) is 0 Å². The minimum atomic E-state index is 0.0419. The van der Waals surface area contributed by atoms with Crippen LogP contribution in [0.1, 0.15) is 42.3 Å². The van der Waals surface area contributed by atoms with E-state index < -0.39 is 0 Å². The van der Waals surface area contributed by atoms with Gasteiger partial charge in [0.1, 0.15) is 5.76 Å². The van der Waals surface area contributed by atoms with E-state index in [9.17, 15) is 0 Å². The van der Waals surface area contributed by atoms with Gasteiger partial charge in [-0.2, -0.15) is 4.98 Å². The average molecular weight is 253 g/mol. The molecule has 0 aliphatic carbocycles. The quantitative estimate of drug-likeness (QED) is 0.780. The molecule has 92 valence electrons. The number of aromatic nitrogens is 3. The monoisotopic (exact) mass is 253 g/mol. The summed E-state index contributed by atoms with van der Waals surface area (Å²) in [5.41, 5.74) is 0.916. The second-order valence-corrected chi connectivity index (χ2v) is 5.08. The first kappa shape index (κ1) is 12.2. The van der Waals surface area contributed by atoms with Gasteiger partial charge in [-0.1, -0.05) is 23.8 Å². The van der Waals surface area contributed by atoms with Crippen molar-refractivity contribution in [3.05, 3.63) is 23.2 Å². The first-order chi connectivity index (χ1) is 8.10. The molecule has 0 radical (unpaired) electrons. The van der Waals surface area contributed by atoms with Gasteiger partial charge in [-0.3, -0.25) is 0 Å². The van der Waals surface area contributed by atoms with E-state index in [1.807, 2.05) is 27.7 Å². The van der Waals surface area contributed by atoms with Gasteiger partial charge in [0.15, 0.2) is 5.82 Å². The van der Waals surface area contributed by atoms with Crippen LogP contribution >= 0.6 is 11.8 Å². The Labute approximate surface area is 104 Å². The van der Waals surface area contributed by atoms with Crippen LogP contribution in [0.15, 0.2) is 14.2 Å². The lowest BCUT2D eigenvalue weighted by molar-refractivity contribution is 0.373. The van der Waals surface area contributed by atoms with Crippen LogP contribution < -0.4 is 0 Å². The maximum absolute atomic E-state index is 5.50. The molecule has 2 aromatic heterocycles. The van der Waals surface area contributed by atoms with Gasteiger partial charge in [-0.05, 0) is 20.8 Å². The number of hydrogen-bond acceptors (Lipinski definition) is 6. The van der Waals surface area contributed by atoms with Crippen molar-refractivity contribution in [2.45, 2.75) is 44.6 Å². The summed E-state index contributed by atoms with van der Waals surface area (Å²) in [7, 11) is 0. The average Bonchev–Trinajstić information content (AvgIpc) is 2.87. The van der Waals surface area contributed by atoms with Gasteiger partial charge < -0.3 is 8.94 Å². The maximum atomic E-state index is 5.50. The number of aryl methyl sites for hydroxylation is 3. The Balaban J connectivity index is 2.08. The van der Waals surface area contributed by atoms with Crippen LogP contribution in [-0.2, 0) is 6.42 Å². The number of oxazole rings is 1. The topological polar surface area (TPSA) is 65.0 Å². The summed E-state index contributed by atoms with van der Waals surface area (Å²) in [4.78, 5) is 8.60. The highest BCUT2D eigenvalue weighted by molar-refractivity contribution is 7.99. The highest BCUT2D eigenvalue weighted by Gasteiger charge is 2.18. The number of rotatable bonds is 4. The van der Waals surface area contributed by atoms with Gasteiger partial charge in [0.05, 0.1) is 10.9 Å². The Kier molecular flexibility index (Phi) is 3.51. The van der Waals surface area contributed by atoms with Gasteiger partial charge in [-0.25, -0.2) is 4.98 Å². The van der Waals surface area contributed by atoms with Gasteiger partial charge >= 0.3 is 0 Å². The summed E-state index contributed by atoms with van der Waals surface area (Å²) in [6.45, 7) is 7.81. The van der Waals surface area contributed by atoms with Gasteiger partial charge in [0.25, 0.3) is 5.22 Å². The van der Waals surface area contributed by atoms with Crippen LogP contribution in [0.3, 0.4) is 0 Å². The second kappa shape index (κ2) is 4.91. The summed E-state index contributed by atoms with van der Waals surface area (Å²) in [6, 6.07) is 0. The fourth-order valence-electron chi connectivity index (χ4n) is 1.27. The smallest absolute Gasteiger partial charge is 0.256 e. The molecule has 6 heteroatoms. The van der Waals surface area contributed by atoms with Crippen LogP contribution in [0, 0.1) is 13.8 Å². The Morgan fingerprint density at radius 2 is 2.06 bits per heavy atom. The summed E-state index contributed by atoms with van der Waals surface area (Å²) in [5.74, 6) is 2.19. The molecule has 0 aromatic carbocycles. The molecule has 0 aliphatic rings. The molecule has 0 saturated carbocycles. The molecule has 0 aliphatic heterocycles. The molecule has 1 unspecified atom stereocenters. The van der Waals surface area contributed by atoms with Crippen LogP contribution in [0.5, 0.6) is 0 Å². The maximum Gasteiger partial charge on any atom is 0.256 e. The fraction of sp³-hybridized carbons (Fsp3) is 0.545. The first-order valence-electron chi connectivity index (χ1n) is 5.53. The van der Waals surface area contributed by atoms with Crippen molar-refractivity contribution >= 4 is 11.8 Å². The van der Waals surface area contributed by atoms with E-state index in [1.54, 1.807) is 0 Å². The number of hydrogen-bond donors (Lipinski definition) is 0. The molecule has 0 saturated heterocycles. The summed E-state index contributed by atoms with van der Waals surface area (Å²) < 4.78 is 10.7. The zero-order valence-electron chi connectivity index (χ0n) is 10.4. The van der Waals surface area contributed by atoms with E-state index in [0.717, 1.165) is 23.7 Å². The Bertz CT molecular complexity index is 487. The lowest BCUT2D eigenvalue weighted by atomic mass is 10.4. The molecule has 0 amide bonds. The van der Waals surface area contributed by atoms with E-state index in [0.29, 0.717) is 11.1 Å². The largest absolute Gasteiger partial charge is 0.437 e. The predicted molar refractivity (Wildman–Crippen MR) is 63.9 cm³/mol. The molecule has 0 fully saturated rings. The minimum Gasteiger partial charge on any atom is -0.437 e. The number of thioether (sulfide) groups is 1. The van der Waals surface area contributed by atoms with Crippen LogP contribution in [0.2, 0.25) is 0 Å². The normalized spacial score (nSPS) is 12.9. The fourth-order valence-corrected chi connectivity index (χ4v) is 2.13. The summed E-state index contributed by atoms with van der Waals surface area (Å²) in [5, 5.41) is 4.55. The third kappa shape index (κ3) is 2.69. The molecule has 17 heavy (non-hydrogen) atoms. The Morgan fingerprint density at radius 1 is 1.29 bits per heavy atom. The zero-order chi connectivity index (χ0) is 12.4. The summed E-state index contributed by atoms with van der Waals surface area (Å²) >= 11 is 1.48. The predicted octanol–water partition coefficient (Wildman–Crippen LogP) is 3.09.